The fraction of sp³-hybridized carbons (Fsp3) is 0.579. The molecule has 1 saturated heterocycles. The number of nitrogens with one attached hydrogen (secondary N) is 2. The summed E-state index contributed by atoms with van der Waals surface area (Å²) in [6.07, 6.45) is 8.28. The summed E-state index contributed by atoms with van der Waals surface area (Å²) in [6, 6.07) is 6.28. The summed E-state index contributed by atoms with van der Waals surface area (Å²) in [5.74, 6) is -1.20. The molecule has 47 heavy (non-hydrogen) atoms. The van der Waals surface area contributed by atoms with E-state index in [0.717, 1.165) is 40.6 Å². The molecule has 9 nitrogen and oxygen atoms in total. The number of hydrogen-bond acceptors (Lipinski definition) is 4. The Morgan fingerprint density at radius 3 is 2.47 bits per heavy atom. The van der Waals surface area contributed by atoms with E-state index < -0.39 is 17.4 Å². The fourth-order valence-electron chi connectivity index (χ4n) is 7.35. The van der Waals surface area contributed by atoms with E-state index in [1.807, 2.05) is 36.6 Å². The van der Waals surface area contributed by atoms with Crippen LogP contribution in [0.2, 0.25) is 0 Å². The van der Waals surface area contributed by atoms with Gasteiger partial charge < -0.3 is 25.0 Å². The van der Waals surface area contributed by atoms with Gasteiger partial charge in [0.1, 0.15) is 0 Å². The molecule has 2 aliphatic rings. The van der Waals surface area contributed by atoms with E-state index in [1.165, 1.54) is 11.1 Å². The molecule has 2 aliphatic heterocycles. The van der Waals surface area contributed by atoms with Crippen LogP contribution in [0.3, 0.4) is 0 Å². The number of carbonyl (C=O) groups excluding carboxylic acids is 4. The summed E-state index contributed by atoms with van der Waals surface area (Å²) in [5, 5.41) is 4.08. The van der Waals surface area contributed by atoms with Gasteiger partial charge in [0.25, 0.3) is 0 Å². The Hall–Kier alpha value is -3.88. The van der Waals surface area contributed by atoms with Gasteiger partial charge in [0, 0.05) is 75.6 Å². The topological polar surface area (TPSA) is 106 Å². The number of rotatable bonds is 13. The largest absolute Gasteiger partial charge is 0.356 e. The number of aromatic amines is 1. The lowest BCUT2D eigenvalue weighted by molar-refractivity contribution is -0.164. The number of allylic oxidation sites excluding steroid dienone is 3. The van der Waals surface area contributed by atoms with Gasteiger partial charge in [-0.2, -0.15) is 0 Å². The molecule has 4 rings (SSSR count). The van der Waals surface area contributed by atoms with Crippen molar-refractivity contribution in [2.24, 2.45) is 11.8 Å². The van der Waals surface area contributed by atoms with Crippen LogP contribution < -0.4 is 5.32 Å². The van der Waals surface area contributed by atoms with Gasteiger partial charge in [0.15, 0.2) is 0 Å². The minimum Gasteiger partial charge on any atom is -0.356 e. The molecule has 0 unspecified atom stereocenters. The third kappa shape index (κ3) is 7.82. The highest BCUT2D eigenvalue weighted by Gasteiger charge is 2.57. The van der Waals surface area contributed by atoms with Crippen LogP contribution in [0.4, 0.5) is 0 Å². The van der Waals surface area contributed by atoms with Crippen LogP contribution in [0, 0.1) is 11.8 Å². The van der Waals surface area contributed by atoms with Crippen molar-refractivity contribution in [1.29, 1.82) is 0 Å². The first kappa shape index (κ1) is 36.0. The lowest BCUT2D eigenvalue weighted by atomic mass is 9.67. The van der Waals surface area contributed by atoms with Crippen molar-refractivity contribution in [3.63, 3.8) is 0 Å². The van der Waals surface area contributed by atoms with Gasteiger partial charge in [-0.05, 0) is 90.8 Å². The standard InChI is InChI=1S/C38H55N5O4/c1-9-42(10-2)37(47)31-23-28(24-33(44)39-20-18-26(5)13-11-12-25(3)4)36(46)43-21-19-30-29-16-14-27(15-17-34(45)41(7)8)22-32(29)40-35(30)38(31,43)6/h12,14,16,18,22,28,31,40H,9-11,13,15,17,19-21,23-24H2,1-8H3,(H,39,44)/b26-18+/t28-,31-,38+/m1/s1. The molecule has 0 aliphatic carbocycles. The van der Waals surface area contributed by atoms with E-state index in [2.05, 4.69) is 55.3 Å². The first-order valence-corrected chi connectivity index (χ1v) is 17.3. The Morgan fingerprint density at radius 2 is 1.81 bits per heavy atom. The second kappa shape index (κ2) is 15.3. The molecule has 1 aromatic carbocycles. The third-order valence-corrected chi connectivity index (χ3v) is 10.2. The maximum atomic E-state index is 14.2. The van der Waals surface area contributed by atoms with Crippen molar-refractivity contribution in [1.82, 2.24) is 25.0 Å². The monoisotopic (exact) mass is 645 g/mol. The van der Waals surface area contributed by atoms with Crippen molar-refractivity contribution < 1.29 is 19.2 Å². The van der Waals surface area contributed by atoms with E-state index in [0.29, 0.717) is 51.9 Å². The number of amides is 4. The van der Waals surface area contributed by atoms with E-state index in [-0.39, 0.29) is 30.0 Å². The van der Waals surface area contributed by atoms with Gasteiger partial charge >= 0.3 is 0 Å². The fourth-order valence-corrected chi connectivity index (χ4v) is 7.35. The number of fused-ring (bicyclic) bond motifs is 5. The Balaban J connectivity index is 1.59. The van der Waals surface area contributed by atoms with Gasteiger partial charge in [0.05, 0.1) is 11.5 Å². The van der Waals surface area contributed by atoms with Crippen molar-refractivity contribution in [3.05, 3.63) is 58.3 Å². The molecule has 2 aromatic rings. The number of carbonyl (C=O) groups is 4. The summed E-state index contributed by atoms with van der Waals surface area (Å²) in [4.78, 5) is 62.8. The van der Waals surface area contributed by atoms with Gasteiger partial charge in [0.2, 0.25) is 23.6 Å². The normalized spacial score (nSPS) is 20.8. The molecule has 4 amide bonds. The zero-order valence-corrected chi connectivity index (χ0v) is 29.8. The van der Waals surface area contributed by atoms with Crippen LogP contribution in [-0.2, 0) is 37.6 Å². The first-order valence-electron chi connectivity index (χ1n) is 17.3. The number of piperidine rings is 1. The second-order valence-electron chi connectivity index (χ2n) is 13.9. The SMILES string of the molecule is CCN(CC)C(=O)[C@H]1C[C@H](CC(=O)NC/C=C(\C)CCC=C(C)C)C(=O)N2CCc3c([nH]c4cc(CCC(=O)N(C)C)ccc34)[C@]12C. The highest BCUT2D eigenvalue weighted by atomic mass is 16.2. The molecular weight excluding hydrogens is 590 g/mol. The molecule has 0 bridgehead atoms. The van der Waals surface area contributed by atoms with Gasteiger partial charge in [-0.1, -0.05) is 35.4 Å². The molecule has 9 heteroatoms. The van der Waals surface area contributed by atoms with Crippen LogP contribution in [0.25, 0.3) is 10.9 Å². The van der Waals surface area contributed by atoms with Crippen LogP contribution in [0.5, 0.6) is 0 Å². The van der Waals surface area contributed by atoms with E-state index in [4.69, 9.17) is 0 Å². The van der Waals surface area contributed by atoms with Gasteiger partial charge in [-0.3, -0.25) is 19.2 Å². The molecule has 1 aromatic heterocycles. The molecule has 0 saturated carbocycles. The Labute approximate surface area is 280 Å². The van der Waals surface area contributed by atoms with Crippen molar-refractivity contribution >= 4 is 34.5 Å². The maximum Gasteiger partial charge on any atom is 0.228 e. The Bertz CT molecular complexity index is 1540. The number of aromatic nitrogens is 1. The van der Waals surface area contributed by atoms with E-state index >= 15 is 0 Å². The summed E-state index contributed by atoms with van der Waals surface area (Å²) < 4.78 is 0. The highest BCUT2D eigenvalue weighted by Crippen LogP contribution is 2.50. The minimum atomic E-state index is -0.872. The summed E-state index contributed by atoms with van der Waals surface area (Å²) >= 11 is 0. The van der Waals surface area contributed by atoms with Crippen LogP contribution >= 0.6 is 0 Å². The number of nitrogens with zero attached hydrogens (tertiary/aromatic N) is 3. The maximum absolute atomic E-state index is 14.2. The number of aryl methyl sites for hydroxylation is 1. The van der Waals surface area contributed by atoms with Crippen molar-refractivity contribution in [2.75, 3.05) is 40.3 Å². The van der Waals surface area contributed by atoms with Crippen molar-refractivity contribution in [2.45, 2.75) is 92.0 Å². The number of H-pyrrole nitrogens is 1. The number of benzene rings is 1. The second-order valence-corrected chi connectivity index (χ2v) is 13.9. The molecule has 0 radical (unpaired) electrons. The molecule has 256 valence electrons. The van der Waals surface area contributed by atoms with Crippen LogP contribution in [0.1, 0.15) is 90.5 Å². The van der Waals surface area contributed by atoms with Crippen molar-refractivity contribution in [3.8, 4) is 0 Å². The smallest absolute Gasteiger partial charge is 0.228 e. The minimum absolute atomic E-state index is 0.0183. The molecule has 3 atom stereocenters. The predicted octanol–water partition coefficient (Wildman–Crippen LogP) is 5.49. The van der Waals surface area contributed by atoms with Crippen LogP contribution in [0.15, 0.2) is 41.5 Å². The average Bonchev–Trinajstić information content (AvgIpc) is 3.40. The molecule has 1 fully saturated rings. The Kier molecular flexibility index (Phi) is 11.7. The lowest BCUT2D eigenvalue weighted by Gasteiger charge is -2.54. The van der Waals surface area contributed by atoms with E-state index in [1.54, 1.807) is 19.0 Å². The number of hydrogen-bond donors (Lipinski definition) is 2. The van der Waals surface area contributed by atoms with Gasteiger partial charge in [-0.15, -0.1) is 0 Å². The quantitative estimate of drug-likeness (QED) is 0.281. The summed E-state index contributed by atoms with van der Waals surface area (Å²) in [5.41, 5.74) is 5.72. The highest BCUT2D eigenvalue weighted by molar-refractivity contribution is 5.93. The molecule has 2 N–H and O–H groups in total. The molecular formula is C38H55N5O4. The lowest BCUT2D eigenvalue weighted by Crippen LogP contribution is -2.64. The van der Waals surface area contributed by atoms with Gasteiger partial charge in [-0.25, -0.2) is 0 Å². The summed E-state index contributed by atoms with van der Waals surface area (Å²) in [7, 11) is 3.53. The molecule has 0 spiro atoms. The molecule has 3 heterocycles. The Morgan fingerprint density at radius 1 is 1.09 bits per heavy atom. The zero-order valence-electron chi connectivity index (χ0n) is 29.8. The zero-order chi connectivity index (χ0) is 34.5. The first-order chi connectivity index (χ1) is 22.3. The third-order valence-electron chi connectivity index (χ3n) is 10.2. The predicted molar refractivity (Wildman–Crippen MR) is 188 cm³/mol. The van der Waals surface area contributed by atoms with E-state index in [9.17, 15) is 19.2 Å². The average molecular weight is 646 g/mol. The van der Waals surface area contributed by atoms with Crippen LogP contribution in [-0.4, -0.2) is 83.6 Å². The summed E-state index contributed by atoms with van der Waals surface area (Å²) in [6.45, 7) is 14.3.